The Balaban J connectivity index is 2.74. The number of hydrogen-bond donors (Lipinski definition) is 0. The van der Waals surface area contributed by atoms with Crippen LogP contribution in [0.25, 0.3) is 0 Å². The summed E-state index contributed by atoms with van der Waals surface area (Å²) in [7, 11) is 0. The van der Waals surface area contributed by atoms with Crippen molar-refractivity contribution in [3.8, 4) is 0 Å². The van der Waals surface area contributed by atoms with Gasteiger partial charge in [-0.2, -0.15) is 0 Å². The van der Waals surface area contributed by atoms with Gasteiger partial charge in [-0.3, -0.25) is 4.99 Å². The minimum absolute atomic E-state index is 0.266. The second-order valence-electron chi connectivity index (χ2n) is 4.33. The second kappa shape index (κ2) is 8.00. The van der Waals surface area contributed by atoms with Crippen LogP contribution >= 0.6 is 11.8 Å². The van der Waals surface area contributed by atoms with Gasteiger partial charge in [0.05, 0.1) is 17.9 Å². The van der Waals surface area contributed by atoms with E-state index in [2.05, 4.69) is 25.6 Å². The van der Waals surface area contributed by atoms with Crippen molar-refractivity contribution in [1.82, 2.24) is 0 Å². The van der Waals surface area contributed by atoms with Gasteiger partial charge in [-0.25, -0.2) is 4.79 Å². The summed E-state index contributed by atoms with van der Waals surface area (Å²) in [6.07, 6.45) is 4.00. The fourth-order valence-electron chi connectivity index (χ4n) is 1.74. The molecule has 104 valence electrons. The zero-order chi connectivity index (χ0) is 14.3. The van der Waals surface area contributed by atoms with E-state index in [0.717, 1.165) is 23.4 Å². The Morgan fingerprint density at radius 3 is 2.63 bits per heavy atom. The first-order chi connectivity index (χ1) is 9.15. The number of rotatable bonds is 7. The monoisotopic (exact) mass is 279 g/mol. The van der Waals surface area contributed by atoms with E-state index in [1.807, 2.05) is 12.3 Å². The molecule has 0 radical (unpaired) electrons. The molecule has 19 heavy (non-hydrogen) atoms. The molecule has 0 aliphatic heterocycles. The molecule has 0 amide bonds. The molecule has 0 bridgehead atoms. The Morgan fingerprint density at radius 2 is 2.11 bits per heavy atom. The first-order valence-electron chi connectivity index (χ1n) is 6.48. The maximum Gasteiger partial charge on any atom is 0.338 e. The van der Waals surface area contributed by atoms with Crippen molar-refractivity contribution in [2.24, 2.45) is 10.9 Å². The standard InChI is InChI=1S/C15H21NO2S/c1-5-11(6-2)10-18-15(17)12-7-8-13(16-3)14(9-12)19-4/h7-9,11H,3,5-6,10H2,1-2,4H3. The molecule has 0 saturated carbocycles. The van der Waals surface area contributed by atoms with E-state index in [1.165, 1.54) is 0 Å². The number of hydrogen-bond acceptors (Lipinski definition) is 4. The number of benzene rings is 1. The normalized spacial score (nSPS) is 10.5. The third kappa shape index (κ3) is 4.39. The highest BCUT2D eigenvalue weighted by atomic mass is 32.2. The smallest absolute Gasteiger partial charge is 0.338 e. The summed E-state index contributed by atoms with van der Waals surface area (Å²) in [6, 6.07) is 5.34. The Bertz CT molecular complexity index is 442. The van der Waals surface area contributed by atoms with E-state index in [4.69, 9.17) is 4.74 Å². The van der Waals surface area contributed by atoms with Gasteiger partial charge in [0.15, 0.2) is 0 Å². The van der Waals surface area contributed by atoms with E-state index in [-0.39, 0.29) is 5.97 Å². The summed E-state index contributed by atoms with van der Waals surface area (Å²) in [5, 5.41) is 0. The van der Waals surface area contributed by atoms with Gasteiger partial charge in [0, 0.05) is 4.90 Å². The molecule has 4 heteroatoms. The van der Waals surface area contributed by atoms with Crippen LogP contribution in [0.5, 0.6) is 0 Å². The summed E-state index contributed by atoms with van der Waals surface area (Å²) < 4.78 is 5.35. The zero-order valence-corrected chi connectivity index (χ0v) is 12.6. The molecular weight excluding hydrogens is 258 g/mol. The van der Waals surface area contributed by atoms with Crippen molar-refractivity contribution in [3.63, 3.8) is 0 Å². The summed E-state index contributed by atoms with van der Waals surface area (Å²) in [5.41, 5.74) is 1.37. The minimum atomic E-state index is -0.266. The number of carbonyl (C=O) groups excluding carboxylic acids is 1. The van der Waals surface area contributed by atoms with Crippen molar-refractivity contribution < 1.29 is 9.53 Å². The van der Waals surface area contributed by atoms with Gasteiger partial charge in [-0.1, -0.05) is 26.7 Å². The second-order valence-corrected chi connectivity index (χ2v) is 5.17. The SMILES string of the molecule is C=Nc1ccc(C(=O)OCC(CC)CC)cc1SC. The molecule has 0 fully saturated rings. The molecule has 1 aromatic rings. The minimum Gasteiger partial charge on any atom is -0.462 e. The summed E-state index contributed by atoms with van der Waals surface area (Å²) in [5.74, 6) is 0.177. The Hall–Kier alpha value is -1.29. The number of nitrogens with zero attached hydrogens (tertiary/aromatic N) is 1. The molecule has 0 aliphatic rings. The first kappa shape index (κ1) is 15.8. The third-order valence-corrected chi connectivity index (χ3v) is 3.96. The van der Waals surface area contributed by atoms with Crippen LogP contribution in [0.15, 0.2) is 28.1 Å². The van der Waals surface area contributed by atoms with E-state index in [1.54, 1.807) is 23.9 Å². The van der Waals surface area contributed by atoms with Crippen molar-refractivity contribution in [1.29, 1.82) is 0 Å². The number of esters is 1. The molecule has 0 atom stereocenters. The van der Waals surface area contributed by atoms with Crippen LogP contribution in [0.4, 0.5) is 5.69 Å². The lowest BCUT2D eigenvalue weighted by atomic mass is 10.1. The summed E-state index contributed by atoms with van der Waals surface area (Å²) in [6.45, 7) is 8.22. The summed E-state index contributed by atoms with van der Waals surface area (Å²) in [4.78, 5) is 16.8. The number of thioether (sulfide) groups is 1. The van der Waals surface area contributed by atoms with Gasteiger partial charge < -0.3 is 4.74 Å². The molecule has 1 rings (SSSR count). The molecule has 1 aromatic carbocycles. The Kier molecular flexibility index (Phi) is 6.64. The lowest BCUT2D eigenvalue weighted by Gasteiger charge is -2.13. The zero-order valence-electron chi connectivity index (χ0n) is 11.8. The number of carbonyl (C=O) groups is 1. The first-order valence-corrected chi connectivity index (χ1v) is 7.70. The van der Waals surface area contributed by atoms with Gasteiger partial charge in [-0.05, 0) is 37.1 Å². The topological polar surface area (TPSA) is 38.7 Å². The average molecular weight is 279 g/mol. The molecule has 0 N–H and O–H groups in total. The van der Waals surface area contributed by atoms with Gasteiger partial charge in [0.2, 0.25) is 0 Å². The van der Waals surface area contributed by atoms with Gasteiger partial charge >= 0.3 is 5.97 Å². The molecule has 3 nitrogen and oxygen atoms in total. The molecule has 0 unspecified atom stereocenters. The van der Waals surface area contributed by atoms with Crippen LogP contribution in [0.1, 0.15) is 37.0 Å². The van der Waals surface area contributed by atoms with Crippen molar-refractivity contribution in [2.45, 2.75) is 31.6 Å². The fourth-order valence-corrected chi connectivity index (χ4v) is 2.32. The highest BCUT2D eigenvalue weighted by Gasteiger charge is 2.12. The summed E-state index contributed by atoms with van der Waals surface area (Å²) >= 11 is 1.54. The maximum absolute atomic E-state index is 12.0. The van der Waals surface area contributed by atoms with Gasteiger partial charge in [0.25, 0.3) is 0 Å². The van der Waals surface area contributed by atoms with Gasteiger partial charge in [0.1, 0.15) is 0 Å². The van der Waals surface area contributed by atoms with Crippen LogP contribution in [0.3, 0.4) is 0 Å². The van der Waals surface area contributed by atoms with Crippen LogP contribution in [-0.4, -0.2) is 25.5 Å². The largest absolute Gasteiger partial charge is 0.462 e. The third-order valence-electron chi connectivity index (χ3n) is 3.19. The maximum atomic E-state index is 12.0. The quantitative estimate of drug-likeness (QED) is 0.423. The van der Waals surface area contributed by atoms with Crippen LogP contribution in [0, 0.1) is 5.92 Å². The predicted octanol–water partition coefficient (Wildman–Crippen LogP) is 4.33. The van der Waals surface area contributed by atoms with Crippen molar-refractivity contribution >= 4 is 30.1 Å². The van der Waals surface area contributed by atoms with E-state index in [0.29, 0.717) is 18.1 Å². The van der Waals surface area contributed by atoms with Crippen molar-refractivity contribution in [3.05, 3.63) is 23.8 Å². The van der Waals surface area contributed by atoms with Crippen LogP contribution < -0.4 is 0 Å². The number of ether oxygens (including phenoxy) is 1. The lowest BCUT2D eigenvalue weighted by molar-refractivity contribution is 0.0433. The van der Waals surface area contributed by atoms with E-state index >= 15 is 0 Å². The molecular formula is C15H21NO2S. The predicted molar refractivity (Wildman–Crippen MR) is 81.8 cm³/mol. The van der Waals surface area contributed by atoms with E-state index in [9.17, 15) is 4.79 Å². The molecule has 0 spiro atoms. The highest BCUT2D eigenvalue weighted by molar-refractivity contribution is 7.98. The Morgan fingerprint density at radius 1 is 1.42 bits per heavy atom. The molecule has 0 heterocycles. The van der Waals surface area contributed by atoms with Gasteiger partial charge in [-0.15, -0.1) is 11.8 Å². The Labute approximate surface area is 119 Å². The van der Waals surface area contributed by atoms with Crippen LogP contribution in [0.2, 0.25) is 0 Å². The number of aliphatic imine (C=N–C) groups is 1. The lowest BCUT2D eigenvalue weighted by Crippen LogP contribution is -2.13. The average Bonchev–Trinajstić information content (AvgIpc) is 2.47. The fraction of sp³-hybridized carbons (Fsp3) is 0.467. The van der Waals surface area contributed by atoms with E-state index < -0.39 is 0 Å². The highest BCUT2D eigenvalue weighted by Crippen LogP contribution is 2.28. The molecule has 0 aromatic heterocycles. The van der Waals surface area contributed by atoms with Crippen molar-refractivity contribution in [2.75, 3.05) is 12.9 Å². The molecule has 0 saturated heterocycles. The molecule has 0 aliphatic carbocycles. The van der Waals surface area contributed by atoms with Crippen LogP contribution in [-0.2, 0) is 4.74 Å².